The molecule has 0 aromatic heterocycles. The van der Waals surface area contributed by atoms with Gasteiger partial charge in [-0.2, -0.15) is 0 Å². The highest BCUT2D eigenvalue weighted by atomic mass is 79.9. The van der Waals surface area contributed by atoms with Gasteiger partial charge in [-0.25, -0.2) is 0 Å². The molecular formula is C12H26BrNO. The van der Waals surface area contributed by atoms with Gasteiger partial charge in [0, 0.05) is 25.5 Å². The van der Waals surface area contributed by atoms with Gasteiger partial charge in [0.2, 0.25) is 0 Å². The van der Waals surface area contributed by atoms with E-state index in [1.807, 2.05) is 0 Å². The van der Waals surface area contributed by atoms with Gasteiger partial charge in [0.25, 0.3) is 0 Å². The third kappa shape index (κ3) is 10.7. The molecule has 0 unspecified atom stereocenters. The molecule has 0 fully saturated rings. The minimum absolute atomic E-state index is 0.849. The van der Waals surface area contributed by atoms with Crippen LogP contribution in [0, 0.1) is 0 Å². The number of rotatable bonds is 11. The highest BCUT2D eigenvalue weighted by Gasteiger charge is 2.02. The van der Waals surface area contributed by atoms with Crippen molar-refractivity contribution < 1.29 is 4.74 Å². The number of hydrogen-bond donors (Lipinski definition) is 0. The van der Waals surface area contributed by atoms with Gasteiger partial charge in [-0.15, -0.1) is 0 Å². The summed E-state index contributed by atoms with van der Waals surface area (Å²) in [7, 11) is 1.77. The van der Waals surface area contributed by atoms with E-state index in [4.69, 9.17) is 4.74 Å². The van der Waals surface area contributed by atoms with Crippen LogP contribution >= 0.6 is 15.9 Å². The monoisotopic (exact) mass is 279 g/mol. The van der Waals surface area contributed by atoms with Crippen LogP contribution in [-0.4, -0.2) is 43.6 Å². The average molecular weight is 280 g/mol. The Labute approximate surface area is 103 Å². The summed E-state index contributed by atoms with van der Waals surface area (Å²) in [4.78, 5) is 2.48. The van der Waals surface area contributed by atoms with E-state index in [0.29, 0.717) is 0 Å². The number of nitrogens with zero attached hydrogens (tertiary/aromatic N) is 1. The van der Waals surface area contributed by atoms with Crippen molar-refractivity contribution in [2.75, 3.05) is 38.7 Å². The van der Waals surface area contributed by atoms with Crippen molar-refractivity contribution in [3.8, 4) is 0 Å². The Hall–Kier alpha value is 0.400. The molecule has 0 aliphatic carbocycles. The molecule has 0 rings (SSSR count). The SMILES string of the molecule is CCCCCCCN(CCBr)CCOC. The zero-order chi connectivity index (χ0) is 11.4. The van der Waals surface area contributed by atoms with E-state index in [1.165, 1.54) is 38.6 Å². The van der Waals surface area contributed by atoms with Crippen molar-refractivity contribution in [1.82, 2.24) is 4.90 Å². The average Bonchev–Trinajstić information content (AvgIpc) is 2.25. The molecule has 0 amide bonds. The van der Waals surface area contributed by atoms with E-state index in [1.54, 1.807) is 7.11 Å². The van der Waals surface area contributed by atoms with Crippen LogP contribution in [0.5, 0.6) is 0 Å². The summed E-state index contributed by atoms with van der Waals surface area (Å²) in [6.07, 6.45) is 6.81. The molecule has 0 radical (unpaired) electrons. The van der Waals surface area contributed by atoms with E-state index >= 15 is 0 Å². The Kier molecular flexibility index (Phi) is 12.8. The van der Waals surface area contributed by atoms with E-state index in [9.17, 15) is 0 Å². The maximum absolute atomic E-state index is 5.11. The van der Waals surface area contributed by atoms with Gasteiger partial charge in [-0.3, -0.25) is 0 Å². The van der Waals surface area contributed by atoms with Crippen LogP contribution in [0.1, 0.15) is 39.0 Å². The topological polar surface area (TPSA) is 12.5 Å². The Bertz CT molecular complexity index is 122. The highest BCUT2D eigenvalue weighted by molar-refractivity contribution is 9.09. The number of unbranched alkanes of at least 4 members (excludes halogenated alkanes) is 4. The summed E-state index contributed by atoms with van der Waals surface area (Å²) in [5, 5.41) is 1.06. The quantitative estimate of drug-likeness (QED) is 0.425. The van der Waals surface area contributed by atoms with Crippen molar-refractivity contribution in [3.63, 3.8) is 0 Å². The fourth-order valence-corrected chi connectivity index (χ4v) is 2.12. The molecule has 0 saturated heterocycles. The van der Waals surface area contributed by atoms with Crippen LogP contribution in [-0.2, 0) is 4.74 Å². The van der Waals surface area contributed by atoms with E-state index in [0.717, 1.165) is 25.0 Å². The summed E-state index contributed by atoms with van der Waals surface area (Å²) in [5.41, 5.74) is 0. The standard InChI is InChI=1S/C12H26BrNO/c1-3-4-5-6-7-9-14(10-8-13)11-12-15-2/h3-12H2,1-2H3. The van der Waals surface area contributed by atoms with Crippen LogP contribution in [0.3, 0.4) is 0 Å². The first kappa shape index (κ1) is 15.4. The lowest BCUT2D eigenvalue weighted by Crippen LogP contribution is -2.30. The molecule has 0 heterocycles. The Morgan fingerprint density at radius 1 is 1.00 bits per heavy atom. The molecule has 0 bridgehead atoms. The number of methoxy groups -OCH3 is 1. The summed E-state index contributed by atoms with van der Waals surface area (Å²) in [6.45, 7) is 6.53. The van der Waals surface area contributed by atoms with Crippen LogP contribution < -0.4 is 0 Å². The largest absolute Gasteiger partial charge is 0.383 e. The van der Waals surface area contributed by atoms with Crippen molar-refractivity contribution in [3.05, 3.63) is 0 Å². The van der Waals surface area contributed by atoms with E-state index < -0.39 is 0 Å². The molecule has 0 aliphatic heterocycles. The summed E-state index contributed by atoms with van der Waals surface area (Å²) in [5.74, 6) is 0. The molecule has 15 heavy (non-hydrogen) atoms. The molecule has 92 valence electrons. The number of ether oxygens (including phenoxy) is 1. The minimum atomic E-state index is 0.849. The second-order valence-electron chi connectivity index (χ2n) is 3.94. The molecule has 0 aromatic rings. The zero-order valence-electron chi connectivity index (χ0n) is 10.3. The van der Waals surface area contributed by atoms with Gasteiger partial charge < -0.3 is 9.64 Å². The zero-order valence-corrected chi connectivity index (χ0v) is 11.9. The maximum atomic E-state index is 5.11. The van der Waals surface area contributed by atoms with Crippen LogP contribution in [0.4, 0.5) is 0 Å². The van der Waals surface area contributed by atoms with Gasteiger partial charge in [-0.05, 0) is 13.0 Å². The first-order chi connectivity index (χ1) is 7.35. The van der Waals surface area contributed by atoms with E-state index in [-0.39, 0.29) is 0 Å². The van der Waals surface area contributed by atoms with Gasteiger partial charge in [0.05, 0.1) is 6.61 Å². The van der Waals surface area contributed by atoms with Crippen molar-refractivity contribution in [2.45, 2.75) is 39.0 Å². The third-order valence-corrected chi connectivity index (χ3v) is 2.94. The van der Waals surface area contributed by atoms with Crippen LogP contribution in [0.2, 0.25) is 0 Å². The Morgan fingerprint density at radius 3 is 2.33 bits per heavy atom. The molecule has 0 aliphatic rings. The molecule has 3 heteroatoms. The Morgan fingerprint density at radius 2 is 1.73 bits per heavy atom. The normalized spacial score (nSPS) is 11.2. The number of alkyl halides is 1. The first-order valence-electron chi connectivity index (χ1n) is 6.12. The second-order valence-corrected chi connectivity index (χ2v) is 4.73. The summed E-state index contributed by atoms with van der Waals surface area (Å²) >= 11 is 3.49. The Balaban J connectivity index is 3.38. The predicted octanol–water partition coefficient (Wildman–Crippen LogP) is 3.30. The van der Waals surface area contributed by atoms with Crippen LogP contribution in [0.25, 0.3) is 0 Å². The smallest absolute Gasteiger partial charge is 0.0589 e. The van der Waals surface area contributed by atoms with Gasteiger partial charge >= 0.3 is 0 Å². The van der Waals surface area contributed by atoms with Gasteiger partial charge in [-0.1, -0.05) is 48.5 Å². The molecule has 0 N–H and O–H groups in total. The first-order valence-corrected chi connectivity index (χ1v) is 7.24. The van der Waals surface area contributed by atoms with E-state index in [2.05, 4.69) is 27.8 Å². The van der Waals surface area contributed by atoms with Crippen molar-refractivity contribution >= 4 is 15.9 Å². The summed E-state index contributed by atoms with van der Waals surface area (Å²) in [6, 6.07) is 0. The lowest BCUT2D eigenvalue weighted by Gasteiger charge is -2.20. The summed E-state index contributed by atoms with van der Waals surface area (Å²) < 4.78 is 5.11. The maximum Gasteiger partial charge on any atom is 0.0589 e. The fourth-order valence-electron chi connectivity index (χ4n) is 1.61. The lowest BCUT2D eigenvalue weighted by atomic mass is 10.1. The molecule has 0 saturated carbocycles. The number of hydrogen-bond acceptors (Lipinski definition) is 2. The second kappa shape index (κ2) is 12.5. The highest BCUT2D eigenvalue weighted by Crippen LogP contribution is 2.04. The molecule has 2 nitrogen and oxygen atoms in total. The molecular weight excluding hydrogens is 254 g/mol. The molecule has 0 aromatic carbocycles. The van der Waals surface area contributed by atoms with Crippen molar-refractivity contribution in [2.24, 2.45) is 0 Å². The van der Waals surface area contributed by atoms with Gasteiger partial charge in [0.15, 0.2) is 0 Å². The third-order valence-electron chi connectivity index (χ3n) is 2.59. The minimum Gasteiger partial charge on any atom is -0.383 e. The molecule has 0 atom stereocenters. The lowest BCUT2D eigenvalue weighted by molar-refractivity contribution is 0.150. The van der Waals surface area contributed by atoms with Crippen LogP contribution in [0.15, 0.2) is 0 Å². The number of halogens is 1. The van der Waals surface area contributed by atoms with Crippen molar-refractivity contribution in [1.29, 1.82) is 0 Å². The van der Waals surface area contributed by atoms with Gasteiger partial charge in [0.1, 0.15) is 0 Å². The fraction of sp³-hybridized carbons (Fsp3) is 1.00. The predicted molar refractivity (Wildman–Crippen MR) is 70.9 cm³/mol. The molecule has 0 spiro atoms.